The van der Waals surface area contributed by atoms with Crippen LogP contribution in [0.25, 0.3) is 0 Å². The zero-order valence-electron chi connectivity index (χ0n) is 16.7. The van der Waals surface area contributed by atoms with Crippen molar-refractivity contribution in [2.24, 2.45) is 0 Å². The smallest absolute Gasteiger partial charge is 0.238 e. The SMILES string of the molecule is Cc1ccc([C@@H](NCC(=O)Nc2ccc(N3CCCC3)cc2)c2cccs2)cc1. The van der Waals surface area contributed by atoms with Gasteiger partial charge in [0.05, 0.1) is 12.6 Å². The number of amides is 1. The van der Waals surface area contributed by atoms with Gasteiger partial charge in [0, 0.05) is 29.3 Å². The van der Waals surface area contributed by atoms with Crippen molar-refractivity contribution in [2.75, 3.05) is 29.9 Å². The minimum atomic E-state index is -0.0346. The Morgan fingerprint density at radius 2 is 1.76 bits per heavy atom. The molecule has 3 aromatic rings. The molecule has 1 aliphatic heterocycles. The number of carbonyl (C=O) groups excluding carboxylic acids is 1. The Bertz CT molecular complexity index is 914. The van der Waals surface area contributed by atoms with Crippen LogP contribution in [0.2, 0.25) is 0 Å². The normalized spacial score (nSPS) is 14.7. The molecule has 1 aromatic heterocycles. The first-order chi connectivity index (χ1) is 14.2. The quantitative estimate of drug-likeness (QED) is 0.583. The van der Waals surface area contributed by atoms with Crippen LogP contribution in [0.5, 0.6) is 0 Å². The Balaban J connectivity index is 1.37. The number of nitrogens with one attached hydrogen (secondary N) is 2. The van der Waals surface area contributed by atoms with E-state index in [1.807, 2.05) is 18.2 Å². The number of rotatable bonds is 7. The molecule has 29 heavy (non-hydrogen) atoms. The largest absolute Gasteiger partial charge is 0.372 e. The van der Waals surface area contributed by atoms with E-state index in [-0.39, 0.29) is 18.5 Å². The molecule has 0 bridgehead atoms. The molecule has 150 valence electrons. The lowest BCUT2D eigenvalue weighted by molar-refractivity contribution is -0.115. The van der Waals surface area contributed by atoms with Crippen molar-refractivity contribution in [1.29, 1.82) is 0 Å². The fourth-order valence-electron chi connectivity index (χ4n) is 3.73. The van der Waals surface area contributed by atoms with Gasteiger partial charge in [-0.05, 0) is 61.0 Å². The van der Waals surface area contributed by atoms with Crippen LogP contribution < -0.4 is 15.5 Å². The first-order valence-electron chi connectivity index (χ1n) is 10.2. The van der Waals surface area contributed by atoms with Crippen LogP contribution in [-0.2, 0) is 4.79 Å². The number of benzene rings is 2. The zero-order chi connectivity index (χ0) is 20.1. The van der Waals surface area contributed by atoms with Crippen LogP contribution in [0.3, 0.4) is 0 Å². The molecule has 0 radical (unpaired) electrons. The highest BCUT2D eigenvalue weighted by Crippen LogP contribution is 2.26. The number of hydrogen-bond acceptors (Lipinski definition) is 4. The zero-order valence-corrected chi connectivity index (χ0v) is 17.5. The summed E-state index contributed by atoms with van der Waals surface area (Å²) in [5.41, 5.74) is 4.47. The van der Waals surface area contributed by atoms with Crippen molar-refractivity contribution in [3.8, 4) is 0 Å². The van der Waals surface area contributed by atoms with Gasteiger partial charge in [-0.2, -0.15) is 0 Å². The summed E-state index contributed by atoms with van der Waals surface area (Å²) in [5.74, 6) is -0.0346. The number of hydrogen-bond donors (Lipinski definition) is 2. The van der Waals surface area contributed by atoms with Crippen molar-refractivity contribution in [2.45, 2.75) is 25.8 Å². The second-order valence-corrected chi connectivity index (χ2v) is 8.51. The summed E-state index contributed by atoms with van der Waals surface area (Å²) in [7, 11) is 0. The minimum Gasteiger partial charge on any atom is -0.372 e. The minimum absolute atomic E-state index is 0.0129. The van der Waals surface area contributed by atoms with Crippen molar-refractivity contribution in [3.63, 3.8) is 0 Å². The molecular weight excluding hydrogens is 378 g/mol. The van der Waals surface area contributed by atoms with Crippen molar-refractivity contribution in [1.82, 2.24) is 5.32 Å². The molecule has 2 aromatic carbocycles. The van der Waals surface area contributed by atoms with Gasteiger partial charge in [0.15, 0.2) is 0 Å². The van der Waals surface area contributed by atoms with E-state index in [0.29, 0.717) is 0 Å². The molecule has 5 heteroatoms. The Kier molecular flexibility index (Phi) is 6.27. The van der Waals surface area contributed by atoms with E-state index in [1.165, 1.54) is 34.5 Å². The average molecular weight is 406 g/mol. The van der Waals surface area contributed by atoms with Crippen LogP contribution in [0, 0.1) is 6.92 Å². The Morgan fingerprint density at radius 3 is 2.41 bits per heavy atom. The van der Waals surface area contributed by atoms with Crippen LogP contribution >= 0.6 is 11.3 Å². The highest BCUT2D eigenvalue weighted by Gasteiger charge is 2.16. The molecule has 0 spiro atoms. The van der Waals surface area contributed by atoms with Gasteiger partial charge in [-0.3, -0.25) is 10.1 Å². The van der Waals surface area contributed by atoms with Gasteiger partial charge in [0.25, 0.3) is 0 Å². The third-order valence-corrected chi connectivity index (χ3v) is 6.26. The number of thiophene rings is 1. The Hall–Kier alpha value is -2.63. The van der Waals surface area contributed by atoms with Crippen molar-refractivity contribution < 1.29 is 4.79 Å². The van der Waals surface area contributed by atoms with Gasteiger partial charge in [-0.15, -0.1) is 11.3 Å². The van der Waals surface area contributed by atoms with Crippen molar-refractivity contribution >= 4 is 28.6 Å². The number of aryl methyl sites for hydroxylation is 1. The molecule has 2 N–H and O–H groups in total. The number of carbonyl (C=O) groups is 1. The van der Waals surface area contributed by atoms with E-state index < -0.39 is 0 Å². The fourth-order valence-corrected chi connectivity index (χ4v) is 4.55. The average Bonchev–Trinajstić information content (AvgIpc) is 3.44. The topological polar surface area (TPSA) is 44.4 Å². The molecule has 4 nitrogen and oxygen atoms in total. The lowest BCUT2D eigenvalue weighted by Gasteiger charge is -2.19. The van der Waals surface area contributed by atoms with E-state index >= 15 is 0 Å². The molecule has 1 atom stereocenters. The van der Waals surface area contributed by atoms with Gasteiger partial charge in [0.2, 0.25) is 5.91 Å². The fraction of sp³-hybridized carbons (Fsp3) is 0.292. The van der Waals surface area contributed by atoms with Gasteiger partial charge in [-0.1, -0.05) is 35.9 Å². The Morgan fingerprint density at radius 1 is 1.03 bits per heavy atom. The summed E-state index contributed by atoms with van der Waals surface area (Å²) >= 11 is 1.70. The van der Waals surface area contributed by atoms with Crippen LogP contribution in [0.4, 0.5) is 11.4 Å². The summed E-state index contributed by atoms with van der Waals surface area (Å²) in [4.78, 5) is 16.1. The van der Waals surface area contributed by atoms with Crippen LogP contribution in [-0.4, -0.2) is 25.5 Å². The molecule has 1 amide bonds. The molecule has 0 saturated carbocycles. The maximum Gasteiger partial charge on any atom is 0.238 e. The van der Waals surface area contributed by atoms with Gasteiger partial charge in [-0.25, -0.2) is 0 Å². The van der Waals surface area contributed by atoms with E-state index in [0.717, 1.165) is 18.8 Å². The molecular formula is C24H27N3OS. The number of anilines is 2. The molecule has 0 unspecified atom stereocenters. The maximum absolute atomic E-state index is 12.5. The molecule has 1 aliphatic rings. The van der Waals surface area contributed by atoms with Crippen molar-refractivity contribution in [3.05, 3.63) is 82.0 Å². The molecule has 0 aliphatic carbocycles. The lowest BCUT2D eigenvalue weighted by atomic mass is 10.0. The predicted octanol–water partition coefficient (Wildman–Crippen LogP) is 4.97. The summed E-state index contributed by atoms with van der Waals surface area (Å²) in [6.07, 6.45) is 2.52. The molecule has 1 saturated heterocycles. The van der Waals surface area contributed by atoms with Gasteiger partial charge >= 0.3 is 0 Å². The highest BCUT2D eigenvalue weighted by molar-refractivity contribution is 7.10. The van der Waals surface area contributed by atoms with E-state index in [9.17, 15) is 4.79 Å². The third-order valence-electron chi connectivity index (χ3n) is 5.33. The first-order valence-corrected chi connectivity index (χ1v) is 11.1. The van der Waals surface area contributed by atoms with E-state index in [4.69, 9.17) is 0 Å². The summed E-state index contributed by atoms with van der Waals surface area (Å²) < 4.78 is 0. The van der Waals surface area contributed by atoms with E-state index in [1.54, 1.807) is 11.3 Å². The summed E-state index contributed by atoms with van der Waals surface area (Å²) in [5, 5.41) is 8.50. The molecule has 1 fully saturated rings. The maximum atomic E-state index is 12.5. The number of nitrogens with zero attached hydrogens (tertiary/aromatic N) is 1. The standard InChI is InChI=1S/C24H27N3OS/c1-18-6-8-19(9-7-18)24(22-5-4-16-29-22)25-17-23(28)26-20-10-12-21(13-11-20)27-14-2-3-15-27/h4-13,16,24-25H,2-3,14-15,17H2,1H3,(H,26,28)/t24-/m1/s1. The first kappa shape index (κ1) is 19.7. The summed E-state index contributed by atoms with van der Waals surface area (Å²) in [6, 6.07) is 20.8. The predicted molar refractivity (Wildman–Crippen MR) is 122 cm³/mol. The second kappa shape index (κ2) is 9.25. The summed E-state index contributed by atoms with van der Waals surface area (Å²) in [6.45, 7) is 4.58. The van der Waals surface area contributed by atoms with Gasteiger partial charge < -0.3 is 10.2 Å². The Labute approximate surface area is 176 Å². The third kappa shape index (κ3) is 5.05. The lowest BCUT2D eigenvalue weighted by Crippen LogP contribution is -2.31. The monoisotopic (exact) mass is 405 g/mol. The molecule has 4 rings (SSSR count). The second-order valence-electron chi connectivity index (χ2n) is 7.53. The molecule has 2 heterocycles. The highest BCUT2D eigenvalue weighted by atomic mass is 32.1. The van der Waals surface area contributed by atoms with Crippen LogP contribution in [0.1, 0.15) is 34.9 Å². The van der Waals surface area contributed by atoms with Gasteiger partial charge in [0.1, 0.15) is 0 Å². The van der Waals surface area contributed by atoms with Crippen LogP contribution in [0.15, 0.2) is 66.0 Å². The van der Waals surface area contributed by atoms with E-state index in [2.05, 4.69) is 70.3 Å².